The van der Waals surface area contributed by atoms with E-state index < -0.39 is 11.7 Å². The maximum Gasteiger partial charge on any atom is 0.258 e. The number of amides is 1. The van der Waals surface area contributed by atoms with Crippen LogP contribution in [-0.4, -0.2) is 5.91 Å². The van der Waals surface area contributed by atoms with Crippen LogP contribution in [0.4, 0.5) is 15.8 Å². The highest BCUT2D eigenvalue weighted by Gasteiger charge is 2.16. The van der Waals surface area contributed by atoms with Crippen molar-refractivity contribution in [1.29, 1.82) is 0 Å². The highest BCUT2D eigenvalue weighted by Crippen LogP contribution is 2.33. The summed E-state index contributed by atoms with van der Waals surface area (Å²) in [6.45, 7) is 1.61. The molecule has 0 atom stereocenters. The number of nitrogens with two attached hydrogens (primary N) is 1. The first-order chi connectivity index (χ1) is 9.40. The molecule has 0 aromatic heterocycles. The standard InChI is InChI=1S/C14H11Br2FN2O/c1-7-3-2-4-9(12(7)17)14(20)19-13-10(15)5-8(18)6-11(13)16/h2-6H,18H2,1H3,(H,19,20). The van der Waals surface area contributed by atoms with E-state index in [1.165, 1.54) is 6.07 Å². The molecule has 2 aromatic rings. The summed E-state index contributed by atoms with van der Waals surface area (Å²) in [7, 11) is 0. The number of nitrogen functional groups attached to an aromatic ring is 1. The number of halogens is 3. The minimum absolute atomic E-state index is 0.000579. The van der Waals surface area contributed by atoms with E-state index in [2.05, 4.69) is 37.2 Å². The van der Waals surface area contributed by atoms with Crippen LogP contribution >= 0.6 is 31.9 Å². The fourth-order valence-electron chi connectivity index (χ4n) is 1.72. The maximum absolute atomic E-state index is 13.9. The van der Waals surface area contributed by atoms with Gasteiger partial charge in [0.2, 0.25) is 0 Å². The van der Waals surface area contributed by atoms with E-state index in [4.69, 9.17) is 5.73 Å². The van der Waals surface area contributed by atoms with Gasteiger partial charge in [-0.25, -0.2) is 4.39 Å². The second kappa shape index (κ2) is 5.93. The molecule has 0 aliphatic carbocycles. The molecule has 3 nitrogen and oxygen atoms in total. The minimum atomic E-state index is -0.521. The molecule has 0 aliphatic heterocycles. The molecule has 3 N–H and O–H groups in total. The van der Waals surface area contributed by atoms with Crippen LogP contribution in [0.15, 0.2) is 39.3 Å². The molecule has 2 aromatic carbocycles. The van der Waals surface area contributed by atoms with Crippen LogP contribution in [0.3, 0.4) is 0 Å². The van der Waals surface area contributed by atoms with Crippen LogP contribution in [-0.2, 0) is 0 Å². The van der Waals surface area contributed by atoms with E-state index in [-0.39, 0.29) is 5.56 Å². The molecule has 0 radical (unpaired) electrons. The molecule has 1 amide bonds. The van der Waals surface area contributed by atoms with Crippen molar-refractivity contribution < 1.29 is 9.18 Å². The van der Waals surface area contributed by atoms with E-state index in [0.29, 0.717) is 25.9 Å². The summed E-state index contributed by atoms with van der Waals surface area (Å²) < 4.78 is 15.1. The van der Waals surface area contributed by atoms with Crippen LogP contribution < -0.4 is 11.1 Å². The highest BCUT2D eigenvalue weighted by atomic mass is 79.9. The van der Waals surface area contributed by atoms with Gasteiger partial charge in [0.15, 0.2) is 0 Å². The Morgan fingerprint density at radius 2 is 1.85 bits per heavy atom. The van der Waals surface area contributed by atoms with E-state index >= 15 is 0 Å². The molecule has 20 heavy (non-hydrogen) atoms. The van der Waals surface area contributed by atoms with Crippen molar-refractivity contribution in [2.45, 2.75) is 6.92 Å². The molecule has 6 heteroatoms. The molecule has 0 saturated heterocycles. The number of rotatable bonds is 2. The molecular weight excluding hydrogens is 391 g/mol. The van der Waals surface area contributed by atoms with Gasteiger partial charge in [-0.05, 0) is 62.5 Å². The zero-order chi connectivity index (χ0) is 14.9. The Morgan fingerprint density at radius 1 is 1.25 bits per heavy atom. The Kier molecular flexibility index (Phi) is 4.45. The van der Waals surface area contributed by atoms with Crippen molar-refractivity contribution in [3.63, 3.8) is 0 Å². The van der Waals surface area contributed by atoms with Crippen LogP contribution in [0.5, 0.6) is 0 Å². The Morgan fingerprint density at radius 3 is 2.45 bits per heavy atom. The highest BCUT2D eigenvalue weighted by molar-refractivity contribution is 9.11. The van der Waals surface area contributed by atoms with Gasteiger partial charge >= 0.3 is 0 Å². The van der Waals surface area contributed by atoms with Crippen LogP contribution in [0.25, 0.3) is 0 Å². The summed E-state index contributed by atoms with van der Waals surface area (Å²) in [4.78, 5) is 12.2. The van der Waals surface area contributed by atoms with Crippen LogP contribution in [0, 0.1) is 12.7 Å². The van der Waals surface area contributed by atoms with Gasteiger partial charge in [-0.1, -0.05) is 12.1 Å². The van der Waals surface area contributed by atoms with E-state index in [0.717, 1.165) is 0 Å². The van der Waals surface area contributed by atoms with Crippen molar-refractivity contribution in [2.75, 3.05) is 11.1 Å². The number of hydrogen-bond donors (Lipinski definition) is 2. The molecular formula is C14H11Br2FN2O. The third-order valence-electron chi connectivity index (χ3n) is 2.74. The van der Waals surface area contributed by atoms with E-state index in [1.807, 2.05) is 0 Å². The molecule has 0 spiro atoms. The molecule has 104 valence electrons. The SMILES string of the molecule is Cc1cccc(C(=O)Nc2c(Br)cc(N)cc2Br)c1F. The largest absolute Gasteiger partial charge is 0.399 e. The van der Waals surface area contributed by atoms with Gasteiger partial charge in [-0.3, -0.25) is 4.79 Å². The number of benzene rings is 2. The number of nitrogens with one attached hydrogen (secondary N) is 1. The molecule has 2 rings (SSSR count). The molecule has 0 fully saturated rings. The molecule has 0 unspecified atom stereocenters. The molecule has 0 saturated carbocycles. The Bertz CT molecular complexity index is 666. The number of anilines is 2. The summed E-state index contributed by atoms with van der Waals surface area (Å²) in [6.07, 6.45) is 0. The predicted molar refractivity (Wildman–Crippen MR) is 85.3 cm³/mol. The quantitative estimate of drug-likeness (QED) is 0.728. The Labute approximate surface area is 132 Å². The van der Waals surface area contributed by atoms with Gasteiger partial charge in [0.1, 0.15) is 5.82 Å². The topological polar surface area (TPSA) is 55.1 Å². The second-order valence-corrected chi connectivity index (χ2v) is 5.96. The number of aryl methyl sites for hydroxylation is 1. The summed E-state index contributed by atoms with van der Waals surface area (Å²) >= 11 is 6.63. The zero-order valence-corrected chi connectivity index (χ0v) is 13.7. The van der Waals surface area contributed by atoms with Crippen LogP contribution in [0.2, 0.25) is 0 Å². The average molecular weight is 402 g/mol. The van der Waals surface area contributed by atoms with Gasteiger partial charge in [0.25, 0.3) is 5.91 Å². The predicted octanol–water partition coefficient (Wildman–Crippen LogP) is 4.49. The summed E-state index contributed by atoms with van der Waals surface area (Å²) in [5.41, 5.74) is 7.16. The molecule has 0 aliphatic rings. The number of hydrogen-bond acceptors (Lipinski definition) is 2. The number of carbonyl (C=O) groups is 1. The molecule has 0 heterocycles. The van der Waals surface area contributed by atoms with Crippen molar-refractivity contribution in [1.82, 2.24) is 0 Å². The first-order valence-corrected chi connectivity index (χ1v) is 7.29. The summed E-state index contributed by atoms with van der Waals surface area (Å²) in [5.74, 6) is -1.04. The average Bonchev–Trinajstić information content (AvgIpc) is 2.36. The van der Waals surface area contributed by atoms with Crippen LogP contribution in [0.1, 0.15) is 15.9 Å². The van der Waals surface area contributed by atoms with Gasteiger partial charge in [0.05, 0.1) is 11.3 Å². The van der Waals surface area contributed by atoms with Crippen molar-refractivity contribution in [2.24, 2.45) is 0 Å². The second-order valence-electron chi connectivity index (χ2n) is 4.25. The third-order valence-corrected chi connectivity index (χ3v) is 3.99. The fourth-order valence-corrected chi connectivity index (χ4v) is 3.14. The number of carbonyl (C=O) groups excluding carboxylic acids is 1. The minimum Gasteiger partial charge on any atom is -0.399 e. The van der Waals surface area contributed by atoms with Crippen molar-refractivity contribution >= 4 is 49.1 Å². The van der Waals surface area contributed by atoms with Gasteiger partial charge in [0, 0.05) is 14.6 Å². The lowest BCUT2D eigenvalue weighted by molar-refractivity contribution is 0.102. The lowest BCUT2D eigenvalue weighted by atomic mass is 10.1. The van der Waals surface area contributed by atoms with E-state index in [9.17, 15) is 9.18 Å². The molecule has 0 bridgehead atoms. The van der Waals surface area contributed by atoms with Gasteiger partial charge < -0.3 is 11.1 Å². The first kappa shape index (κ1) is 15.0. The van der Waals surface area contributed by atoms with Crippen molar-refractivity contribution in [3.05, 3.63) is 56.2 Å². The maximum atomic E-state index is 13.9. The lowest BCUT2D eigenvalue weighted by Crippen LogP contribution is -2.15. The van der Waals surface area contributed by atoms with Gasteiger partial charge in [-0.2, -0.15) is 0 Å². The van der Waals surface area contributed by atoms with E-state index in [1.54, 1.807) is 31.2 Å². The summed E-state index contributed by atoms with van der Waals surface area (Å²) in [6, 6.07) is 8.01. The fraction of sp³-hybridized carbons (Fsp3) is 0.0714. The zero-order valence-electron chi connectivity index (χ0n) is 10.5. The lowest BCUT2D eigenvalue weighted by Gasteiger charge is -2.11. The summed E-state index contributed by atoms with van der Waals surface area (Å²) in [5, 5.41) is 2.66. The normalized spacial score (nSPS) is 10.4. The monoisotopic (exact) mass is 400 g/mol. The smallest absolute Gasteiger partial charge is 0.258 e. The Balaban J connectivity index is 2.36. The third kappa shape index (κ3) is 3.02. The van der Waals surface area contributed by atoms with Gasteiger partial charge in [-0.15, -0.1) is 0 Å². The van der Waals surface area contributed by atoms with Crippen molar-refractivity contribution in [3.8, 4) is 0 Å². The Hall–Kier alpha value is -1.40. The first-order valence-electron chi connectivity index (χ1n) is 5.71.